The number of methoxy groups -OCH3 is 1. The standard InChI is InChI=1S/C39H30BrCl2N3O6/c1-51-26-13-4-21(5-14-26)39-30(36(48)45(38(39)50)43-32-17-8-23(41)18-31(32)42)19-29-27(34(39)20-2-11-25(46)12-3-20)15-16-28-33(29)37(49)44(35(28)47)24-9-6-22(40)7-10-24/h2-15,17-18,28-30,33-34,43,46H,16,19H2,1H3/t28-,29+,30-,33-,34-,39+/m0/s1. The maximum absolute atomic E-state index is 15.3. The van der Waals surface area contributed by atoms with Crippen LogP contribution in [0.1, 0.15) is 29.9 Å². The van der Waals surface area contributed by atoms with E-state index in [0.717, 1.165) is 15.1 Å². The number of hydrogen-bond donors (Lipinski definition) is 2. The summed E-state index contributed by atoms with van der Waals surface area (Å²) in [5, 5.41) is 12.0. The second kappa shape index (κ2) is 12.5. The molecule has 2 N–H and O–H groups in total. The first kappa shape index (κ1) is 33.5. The molecule has 12 heteroatoms. The second-order valence-electron chi connectivity index (χ2n) is 13.3. The van der Waals surface area contributed by atoms with Gasteiger partial charge in [-0.05, 0) is 96.6 Å². The summed E-state index contributed by atoms with van der Waals surface area (Å²) in [6.45, 7) is 0. The van der Waals surface area contributed by atoms with Crippen molar-refractivity contribution < 1.29 is 29.0 Å². The number of hydrogen-bond acceptors (Lipinski definition) is 7. The number of nitrogens with one attached hydrogen (secondary N) is 1. The summed E-state index contributed by atoms with van der Waals surface area (Å²) in [6, 6.07) is 25.4. The number of rotatable bonds is 6. The van der Waals surface area contributed by atoms with Crippen molar-refractivity contribution in [2.75, 3.05) is 17.4 Å². The highest BCUT2D eigenvalue weighted by Gasteiger charge is 2.70. The Morgan fingerprint density at radius 2 is 1.57 bits per heavy atom. The van der Waals surface area contributed by atoms with Crippen molar-refractivity contribution in [2.45, 2.75) is 24.2 Å². The van der Waals surface area contributed by atoms with Gasteiger partial charge in [-0.2, -0.15) is 5.01 Å². The number of carbonyl (C=O) groups excluding carboxylic acids is 4. The Morgan fingerprint density at radius 1 is 0.863 bits per heavy atom. The number of benzene rings is 4. The van der Waals surface area contributed by atoms with E-state index in [1.807, 2.05) is 6.08 Å². The number of phenols is 1. The smallest absolute Gasteiger partial charge is 0.260 e. The van der Waals surface area contributed by atoms with Crippen LogP contribution in [0.4, 0.5) is 11.4 Å². The van der Waals surface area contributed by atoms with Gasteiger partial charge in [-0.25, -0.2) is 0 Å². The third kappa shape index (κ3) is 5.10. The van der Waals surface area contributed by atoms with Crippen LogP contribution in [0.3, 0.4) is 0 Å². The number of halogens is 3. The van der Waals surface area contributed by atoms with Crippen molar-refractivity contribution in [2.24, 2.45) is 23.7 Å². The van der Waals surface area contributed by atoms with Crippen molar-refractivity contribution >= 4 is 74.1 Å². The summed E-state index contributed by atoms with van der Waals surface area (Å²) in [7, 11) is 1.55. The Balaban J connectivity index is 1.32. The van der Waals surface area contributed by atoms with Gasteiger partial charge >= 0.3 is 0 Å². The fourth-order valence-electron chi connectivity index (χ4n) is 8.73. The first-order valence-electron chi connectivity index (χ1n) is 16.4. The third-order valence-electron chi connectivity index (χ3n) is 10.9. The quantitative estimate of drug-likeness (QED) is 0.152. The molecule has 0 spiro atoms. The molecule has 6 atom stereocenters. The monoisotopic (exact) mass is 785 g/mol. The molecule has 2 aliphatic carbocycles. The van der Waals surface area contributed by atoms with Gasteiger partial charge in [-0.15, -0.1) is 0 Å². The van der Waals surface area contributed by atoms with Crippen LogP contribution < -0.4 is 15.1 Å². The van der Waals surface area contributed by atoms with Gasteiger partial charge in [0, 0.05) is 15.4 Å². The van der Waals surface area contributed by atoms with Gasteiger partial charge in [0.1, 0.15) is 11.5 Å². The minimum absolute atomic E-state index is 0.0371. The van der Waals surface area contributed by atoms with Gasteiger partial charge in [0.15, 0.2) is 0 Å². The van der Waals surface area contributed by atoms with E-state index < -0.39 is 46.8 Å². The molecule has 0 aromatic heterocycles. The Kier molecular flexibility index (Phi) is 8.24. The lowest BCUT2D eigenvalue weighted by molar-refractivity contribution is -0.138. The molecule has 1 saturated carbocycles. The number of phenolic OH excluding ortho intramolecular Hbond substituents is 1. The molecule has 258 valence electrons. The average Bonchev–Trinajstić information content (AvgIpc) is 3.51. The molecule has 2 heterocycles. The Hall–Kier alpha value is -4.64. The Morgan fingerprint density at radius 3 is 2.24 bits per heavy atom. The highest BCUT2D eigenvalue weighted by Crippen LogP contribution is 2.64. The summed E-state index contributed by atoms with van der Waals surface area (Å²) in [4.78, 5) is 59.7. The van der Waals surface area contributed by atoms with E-state index in [9.17, 15) is 19.5 Å². The van der Waals surface area contributed by atoms with Crippen molar-refractivity contribution in [3.63, 3.8) is 0 Å². The lowest BCUT2D eigenvalue weighted by Gasteiger charge is -2.50. The molecule has 2 aliphatic heterocycles. The maximum Gasteiger partial charge on any atom is 0.260 e. The number of allylic oxidation sites excluding steroid dienone is 2. The van der Waals surface area contributed by atoms with Crippen LogP contribution in [0.5, 0.6) is 11.5 Å². The van der Waals surface area contributed by atoms with Crippen molar-refractivity contribution in [1.82, 2.24) is 5.01 Å². The van der Waals surface area contributed by atoms with Gasteiger partial charge in [-0.3, -0.25) is 29.5 Å². The molecule has 2 saturated heterocycles. The van der Waals surface area contributed by atoms with E-state index in [4.69, 9.17) is 27.9 Å². The SMILES string of the molecule is COc1ccc([C@@]23C(=O)N(Nc4ccc(Cl)cc4Cl)C(=O)[C@@H]2C[C@@H]2C(=CC[C@@H]4C(=O)N(c5ccc(Br)cc5)C(=O)[C@@H]42)[C@@H]3c2ccc(O)cc2)cc1. The number of anilines is 2. The topological polar surface area (TPSA) is 116 Å². The third-order valence-corrected chi connectivity index (χ3v) is 12.0. The zero-order chi connectivity index (χ0) is 35.8. The molecule has 0 bridgehead atoms. The number of imide groups is 2. The van der Waals surface area contributed by atoms with Gasteiger partial charge < -0.3 is 9.84 Å². The predicted octanol–water partition coefficient (Wildman–Crippen LogP) is 7.66. The van der Waals surface area contributed by atoms with Crippen molar-refractivity contribution in [3.05, 3.63) is 128 Å². The molecule has 4 aromatic carbocycles. The summed E-state index contributed by atoms with van der Waals surface area (Å²) >= 11 is 16.1. The zero-order valence-corrected chi connectivity index (χ0v) is 30.2. The highest BCUT2D eigenvalue weighted by molar-refractivity contribution is 9.10. The lowest BCUT2D eigenvalue weighted by atomic mass is 9.49. The van der Waals surface area contributed by atoms with Crippen molar-refractivity contribution in [1.29, 1.82) is 0 Å². The molecular formula is C39H30BrCl2N3O6. The molecule has 0 unspecified atom stereocenters. The van der Waals surface area contributed by atoms with Crippen LogP contribution >= 0.6 is 39.1 Å². The van der Waals surface area contributed by atoms with E-state index in [2.05, 4.69) is 21.4 Å². The Labute approximate surface area is 311 Å². The number of amides is 4. The van der Waals surface area contributed by atoms with Crippen LogP contribution in [-0.4, -0.2) is 40.9 Å². The molecule has 8 rings (SSSR count). The van der Waals surface area contributed by atoms with Gasteiger partial charge in [0.05, 0.1) is 46.7 Å². The second-order valence-corrected chi connectivity index (χ2v) is 15.1. The van der Waals surface area contributed by atoms with E-state index in [0.29, 0.717) is 33.3 Å². The predicted molar refractivity (Wildman–Crippen MR) is 195 cm³/mol. The highest BCUT2D eigenvalue weighted by atomic mass is 79.9. The number of fused-ring (bicyclic) bond motifs is 4. The van der Waals surface area contributed by atoms with E-state index >= 15 is 4.79 Å². The number of nitrogens with zero attached hydrogens (tertiary/aromatic N) is 2. The summed E-state index contributed by atoms with van der Waals surface area (Å²) in [5.41, 5.74) is 4.36. The van der Waals surface area contributed by atoms with Gasteiger partial charge in [0.2, 0.25) is 11.8 Å². The fourth-order valence-corrected chi connectivity index (χ4v) is 9.44. The van der Waals surface area contributed by atoms with E-state index in [-0.39, 0.29) is 35.4 Å². The normalized spacial score (nSPS) is 26.8. The van der Waals surface area contributed by atoms with E-state index in [1.54, 1.807) is 92.0 Å². The van der Waals surface area contributed by atoms with Crippen LogP contribution in [0.15, 0.2) is 107 Å². The van der Waals surface area contributed by atoms with Gasteiger partial charge in [-0.1, -0.05) is 75.0 Å². The van der Waals surface area contributed by atoms with Crippen LogP contribution in [0.25, 0.3) is 0 Å². The fraction of sp³-hybridized carbons (Fsp3) is 0.231. The number of carbonyl (C=O) groups is 4. The molecule has 4 aromatic rings. The van der Waals surface area contributed by atoms with Crippen LogP contribution in [0.2, 0.25) is 10.0 Å². The summed E-state index contributed by atoms with van der Waals surface area (Å²) in [5.74, 6) is -4.61. The van der Waals surface area contributed by atoms with Crippen LogP contribution in [-0.2, 0) is 24.6 Å². The van der Waals surface area contributed by atoms with Gasteiger partial charge in [0.25, 0.3) is 11.8 Å². The van der Waals surface area contributed by atoms with Crippen molar-refractivity contribution in [3.8, 4) is 11.5 Å². The zero-order valence-electron chi connectivity index (χ0n) is 27.1. The lowest BCUT2D eigenvalue weighted by Crippen LogP contribution is -2.53. The molecule has 51 heavy (non-hydrogen) atoms. The molecule has 4 amide bonds. The molecule has 3 fully saturated rings. The molecular weight excluding hydrogens is 757 g/mol. The number of aromatic hydroxyl groups is 1. The van der Waals surface area contributed by atoms with Crippen LogP contribution in [0, 0.1) is 23.7 Å². The minimum atomic E-state index is -1.49. The first-order valence-corrected chi connectivity index (χ1v) is 18.0. The largest absolute Gasteiger partial charge is 0.508 e. The minimum Gasteiger partial charge on any atom is -0.508 e. The number of ether oxygens (including phenoxy) is 1. The molecule has 0 radical (unpaired) electrons. The summed E-state index contributed by atoms with van der Waals surface area (Å²) < 4.78 is 6.27. The average molecular weight is 787 g/mol. The number of hydrazine groups is 1. The molecule has 9 nitrogen and oxygen atoms in total. The molecule has 4 aliphatic rings. The summed E-state index contributed by atoms with van der Waals surface area (Å²) in [6.07, 6.45) is 2.42. The maximum atomic E-state index is 15.3. The van der Waals surface area contributed by atoms with E-state index in [1.165, 1.54) is 11.0 Å². The Bertz CT molecular complexity index is 2140. The first-order chi connectivity index (χ1) is 24.5.